The molecule has 3 aromatic rings. The van der Waals surface area contributed by atoms with Gasteiger partial charge in [-0.3, -0.25) is 14.4 Å². The molecule has 3 amide bonds. The minimum atomic E-state index is -1.42. The second kappa shape index (κ2) is 12.8. The van der Waals surface area contributed by atoms with Crippen LogP contribution in [0.3, 0.4) is 0 Å². The minimum absolute atomic E-state index is 0.0513. The highest BCUT2D eigenvalue weighted by Gasteiger charge is 2.40. The SMILES string of the molecule is CC(O)C(NC(=O)C(Cc1c[nH]c2ccccc12)NC(=O)C(N)Cc1ccc(O)cc1)C(=O)N1CCCC1C(=O)O. The highest BCUT2D eigenvalue weighted by molar-refractivity contribution is 5.95. The number of benzene rings is 2. The number of carboxylic acid groups (broad SMARTS) is 1. The number of aromatic hydroxyl groups is 1. The minimum Gasteiger partial charge on any atom is -0.508 e. The predicted octanol–water partition coefficient (Wildman–Crippen LogP) is 0.412. The molecule has 0 spiro atoms. The molecule has 0 bridgehead atoms. The number of fused-ring (bicyclic) bond motifs is 1. The third kappa shape index (κ3) is 7.02. The molecule has 0 saturated carbocycles. The molecule has 4 rings (SSSR count). The van der Waals surface area contributed by atoms with Crippen LogP contribution in [-0.2, 0) is 32.0 Å². The number of likely N-dealkylation sites (tertiary alicyclic amines) is 1. The Balaban J connectivity index is 1.55. The molecule has 0 aliphatic carbocycles. The van der Waals surface area contributed by atoms with Gasteiger partial charge in [0.05, 0.1) is 12.1 Å². The molecule has 0 radical (unpaired) electrons. The summed E-state index contributed by atoms with van der Waals surface area (Å²) < 4.78 is 0. The average Bonchev–Trinajstić information content (AvgIpc) is 3.60. The Bertz CT molecular complexity index is 1400. The van der Waals surface area contributed by atoms with Crippen LogP contribution in [0.1, 0.15) is 30.9 Å². The highest BCUT2D eigenvalue weighted by Crippen LogP contribution is 2.21. The largest absolute Gasteiger partial charge is 0.508 e. The summed E-state index contributed by atoms with van der Waals surface area (Å²) in [6.45, 7) is 1.52. The molecule has 1 fully saturated rings. The van der Waals surface area contributed by atoms with Crippen LogP contribution in [-0.4, -0.2) is 85.7 Å². The Hall–Kier alpha value is -4.42. The molecular formula is C29H35N5O7. The first-order valence-electron chi connectivity index (χ1n) is 13.5. The zero-order valence-corrected chi connectivity index (χ0v) is 22.6. The molecule has 1 aliphatic rings. The van der Waals surface area contributed by atoms with Crippen LogP contribution in [0.4, 0.5) is 0 Å². The van der Waals surface area contributed by atoms with Gasteiger partial charge in [-0.1, -0.05) is 30.3 Å². The molecule has 12 nitrogen and oxygen atoms in total. The number of rotatable bonds is 11. The zero-order chi connectivity index (χ0) is 29.7. The van der Waals surface area contributed by atoms with Crippen molar-refractivity contribution in [1.29, 1.82) is 0 Å². The van der Waals surface area contributed by atoms with E-state index in [0.29, 0.717) is 12.0 Å². The molecule has 1 aliphatic heterocycles. The molecule has 1 saturated heterocycles. The fourth-order valence-corrected chi connectivity index (χ4v) is 5.10. The standard InChI is InChI=1S/C29H35N5O7/c1-16(35)25(28(39)34-12-4-7-24(34)29(40)41)33-27(38)23(14-18-15-31-22-6-3-2-5-20(18)22)32-26(37)21(30)13-17-8-10-19(36)11-9-17/h2-3,5-6,8-11,15-16,21,23-25,31,35-36H,4,7,12-14,30H2,1H3,(H,32,37)(H,33,38)(H,40,41). The zero-order valence-electron chi connectivity index (χ0n) is 22.6. The van der Waals surface area contributed by atoms with Crippen LogP contribution in [0.15, 0.2) is 54.7 Å². The molecule has 5 atom stereocenters. The summed E-state index contributed by atoms with van der Waals surface area (Å²) >= 11 is 0. The number of aromatic amines is 1. The van der Waals surface area contributed by atoms with Crippen molar-refractivity contribution in [2.75, 3.05) is 6.54 Å². The highest BCUT2D eigenvalue weighted by atomic mass is 16.4. The monoisotopic (exact) mass is 565 g/mol. The van der Waals surface area contributed by atoms with Gasteiger partial charge in [-0.2, -0.15) is 0 Å². The summed E-state index contributed by atoms with van der Waals surface area (Å²) in [4.78, 5) is 55.9. The summed E-state index contributed by atoms with van der Waals surface area (Å²) in [5.41, 5.74) is 8.44. The number of H-pyrrole nitrogens is 1. The number of aliphatic hydroxyl groups is 1. The maximum Gasteiger partial charge on any atom is 0.326 e. The summed E-state index contributed by atoms with van der Waals surface area (Å²) in [7, 11) is 0. The van der Waals surface area contributed by atoms with Crippen molar-refractivity contribution in [3.05, 3.63) is 65.9 Å². The first kappa shape index (κ1) is 29.6. The van der Waals surface area contributed by atoms with E-state index in [1.54, 1.807) is 18.3 Å². The molecule has 41 heavy (non-hydrogen) atoms. The number of phenols is 1. The Labute approximate surface area is 236 Å². The Kier molecular flexibility index (Phi) is 9.25. The van der Waals surface area contributed by atoms with Crippen LogP contribution in [0, 0.1) is 0 Å². The van der Waals surface area contributed by atoms with E-state index in [0.717, 1.165) is 21.4 Å². The van der Waals surface area contributed by atoms with Gasteiger partial charge in [-0.15, -0.1) is 0 Å². The van der Waals surface area contributed by atoms with Crippen LogP contribution in [0.25, 0.3) is 10.9 Å². The number of nitrogens with two attached hydrogens (primary N) is 1. The van der Waals surface area contributed by atoms with Gasteiger partial charge in [-0.05, 0) is 55.5 Å². The van der Waals surface area contributed by atoms with Gasteiger partial charge < -0.3 is 41.6 Å². The maximum absolute atomic E-state index is 13.6. The van der Waals surface area contributed by atoms with Crippen LogP contribution >= 0.6 is 0 Å². The molecule has 2 heterocycles. The van der Waals surface area contributed by atoms with E-state index in [4.69, 9.17) is 5.73 Å². The van der Waals surface area contributed by atoms with Gasteiger partial charge >= 0.3 is 5.97 Å². The summed E-state index contributed by atoms with van der Waals surface area (Å²) in [5.74, 6) is -3.12. The van der Waals surface area contributed by atoms with E-state index in [9.17, 15) is 34.5 Å². The third-order valence-corrected chi connectivity index (χ3v) is 7.33. The van der Waals surface area contributed by atoms with Crippen molar-refractivity contribution in [2.45, 2.75) is 62.9 Å². The molecule has 218 valence electrons. The summed E-state index contributed by atoms with van der Waals surface area (Å²) in [6, 6.07) is 9.04. The van der Waals surface area contributed by atoms with Gasteiger partial charge in [0.15, 0.2) is 0 Å². The van der Waals surface area contributed by atoms with Crippen molar-refractivity contribution in [3.8, 4) is 5.75 Å². The number of phenolic OH excluding ortho intramolecular Hbond substituents is 1. The fraction of sp³-hybridized carbons (Fsp3) is 0.379. The number of carbonyl (C=O) groups excluding carboxylic acids is 3. The second-order valence-electron chi connectivity index (χ2n) is 10.4. The molecule has 5 unspecified atom stereocenters. The van der Waals surface area contributed by atoms with Crippen molar-refractivity contribution in [2.24, 2.45) is 5.73 Å². The smallest absolute Gasteiger partial charge is 0.326 e. The van der Waals surface area contributed by atoms with Crippen LogP contribution in [0.2, 0.25) is 0 Å². The number of hydrogen-bond donors (Lipinski definition) is 7. The van der Waals surface area contributed by atoms with E-state index in [-0.39, 0.29) is 31.6 Å². The molecule has 2 aromatic carbocycles. The van der Waals surface area contributed by atoms with Gasteiger partial charge in [0.1, 0.15) is 23.9 Å². The van der Waals surface area contributed by atoms with Gasteiger partial charge in [0.2, 0.25) is 17.7 Å². The predicted molar refractivity (Wildman–Crippen MR) is 150 cm³/mol. The average molecular weight is 566 g/mol. The number of aromatic nitrogens is 1. The van der Waals surface area contributed by atoms with Crippen molar-refractivity contribution >= 4 is 34.6 Å². The van der Waals surface area contributed by atoms with Crippen molar-refractivity contribution < 1.29 is 34.5 Å². The van der Waals surface area contributed by atoms with Crippen LogP contribution < -0.4 is 16.4 Å². The van der Waals surface area contributed by atoms with E-state index < -0.39 is 54.0 Å². The molecule has 8 N–H and O–H groups in total. The Morgan fingerprint density at radius 3 is 2.44 bits per heavy atom. The van der Waals surface area contributed by atoms with E-state index in [1.807, 2.05) is 24.3 Å². The lowest BCUT2D eigenvalue weighted by Crippen LogP contribution is -2.60. The van der Waals surface area contributed by atoms with E-state index in [1.165, 1.54) is 19.1 Å². The summed E-state index contributed by atoms with van der Waals surface area (Å²) in [5, 5.41) is 35.5. The number of para-hydroxylation sites is 1. The number of amides is 3. The fourth-order valence-electron chi connectivity index (χ4n) is 5.10. The molecule has 12 heteroatoms. The quantitative estimate of drug-likeness (QED) is 0.173. The lowest BCUT2D eigenvalue weighted by Gasteiger charge is -2.30. The molecular weight excluding hydrogens is 530 g/mol. The normalized spacial score (nSPS) is 17.9. The van der Waals surface area contributed by atoms with Gasteiger partial charge in [0, 0.05) is 30.1 Å². The number of hydrogen-bond acceptors (Lipinski definition) is 7. The Morgan fingerprint density at radius 1 is 1.05 bits per heavy atom. The number of nitrogens with zero attached hydrogens (tertiary/aromatic N) is 1. The van der Waals surface area contributed by atoms with Crippen LogP contribution in [0.5, 0.6) is 5.75 Å². The second-order valence-corrected chi connectivity index (χ2v) is 10.4. The number of nitrogens with one attached hydrogen (secondary N) is 3. The maximum atomic E-state index is 13.6. The molecule has 1 aromatic heterocycles. The number of carbonyl (C=O) groups is 4. The lowest BCUT2D eigenvalue weighted by atomic mass is 10.0. The van der Waals surface area contributed by atoms with Crippen molar-refractivity contribution in [3.63, 3.8) is 0 Å². The Morgan fingerprint density at radius 2 is 1.76 bits per heavy atom. The first-order chi connectivity index (χ1) is 19.5. The lowest BCUT2D eigenvalue weighted by molar-refractivity contribution is -0.150. The number of aliphatic hydroxyl groups excluding tert-OH is 1. The summed E-state index contributed by atoms with van der Waals surface area (Å²) in [6.07, 6.45) is 1.36. The van der Waals surface area contributed by atoms with E-state index in [2.05, 4.69) is 15.6 Å². The van der Waals surface area contributed by atoms with Gasteiger partial charge in [-0.25, -0.2) is 4.79 Å². The van der Waals surface area contributed by atoms with Crippen molar-refractivity contribution in [1.82, 2.24) is 20.5 Å². The first-order valence-corrected chi connectivity index (χ1v) is 13.5. The number of carboxylic acids is 1. The van der Waals surface area contributed by atoms with Gasteiger partial charge in [0.25, 0.3) is 0 Å². The third-order valence-electron chi connectivity index (χ3n) is 7.33. The number of aliphatic carboxylic acids is 1. The van der Waals surface area contributed by atoms with E-state index >= 15 is 0 Å². The topological polar surface area (TPSA) is 198 Å².